The molecule has 0 fully saturated rings. The lowest BCUT2D eigenvalue weighted by Gasteiger charge is -2.18. The molecule has 3 rings (SSSR count). The highest BCUT2D eigenvalue weighted by atomic mass is 32.2. The first-order valence-electron chi connectivity index (χ1n) is 9.89. The monoisotopic (exact) mass is 456 g/mol. The molecule has 0 saturated heterocycles. The van der Waals surface area contributed by atoms with E-state index in [1.807, 2.05) is 30.3 Å². The van der Waals surface area contributed by atoms with Gasteiger partial charge in [0.1, 0.15) is 6.04 Å². The van der Waals surface area contributed by atoms with Crippen LogP contribution in [0.25, 0.3) is 0 Å². The van der Waals surface area contributed by atoms with Crippen molar-refractivity contribution >= 4 is 33.0 Å². The van der Waals surface area contributed by atoms with Crippen LogP contribution in [0.1, 0.15) is 21.7 Å². The van der Waals surface area contributed by atoms with Crippen LogP contribution in [0.2, 0.25) is 0 Å². The van der Waals surface area contributed by atoms with Gasteiger partial charge in [0.05, 0.1) is 15.5 Å². The van der Waals surface area contributed by atoms with Crippen molar-refractivity contribution in [3.05, 3.63) is 88.6 Å². The SMILES string of the molecule is O=C(NC(Cc1ccccc1)C(=O)NCCCS(=O)(=O)c1ccccc1)c1cccs1. The van der Waals surface area contributed by atoms with Crippen LogP contribution in [0.15, 0.2) is 83.1 Å². The number of benzene rings is 2. The highest BCUT2D eigenvalue weighted by Crippen LogP contribution is 2.12. The summed E-state index contributed by atoms with van der Waals surface area (Å²) >= 11 is 1.30. The minimum Gasteiger partial charge on any atom is -0.354 e. The van der Waals surface area contributed by atoms with Crippen molar-refractivity contribution < 1.29 is 18.0 Å². The second-order valence-corrected chi connectivity index (χ2v) is 10.0. The maximum absolute atomic E-state index is 12.8. The number of sulfone groups is 1. The van der Waals surface area contributed by atoms with Gasteiger partial charge in [-0.1, -0.05) is 54.6 Å². The second kappa shape index (κ2) is 10.9. The van der Waals surface area contributed by atoms with Crippen LogP contribution in [0.4, 0.5) is 0 Å². The summed E-state index contributed by atoms with van der Waals surface area (Å²) in [4.78, 5) is 26.0. The van der Waals surface area contributed by atoms with Gasteiger partial charge in [-0.05, 0) is 35.6 Å². The molecule has 0 spiro atoms. The molecule has 0 radical (unpaired) electrons. The van der Waals surface area contributed by atoms with Crippen LogP contribution in [0.3, 0.4) is 0 Å². The third-order valence-corrected chi connectivity index (χ3v) is 7.33. The van der Waals surface area contributed by atoms with Gasteiger partial charge in [0.25, 0.3) is 5.91 Å². The number of nitrogens with one attached hydrogen (secondary N) is 2. The minimum absolute atomic E-state index is 0.0673. The quantitative estimate of drug-likeness (QED) is 0.459. The molecule has 1 aromatic heterocycles. The molecule has 1 unspecified atom stereocenters. The number of carbonyl (C=O) groups excluding carboxylic acids is 2. The average molecular weight is 457 g/mol. The summed E-state index contributed by atoms with van der Waals surface area (Å²) in [6.45, 7) is 0.199. The van der Waals surface area contributed by atoms with E-state index in [-0.39, 0.29) is 35.4 Å². The molecule has 1 atom stereocenters. The number of thiophene rings is 1. The van der Waals surface area contributed by atoms with Gasteiger partial charge >= 0.3 is 0 Å². The number of hydrogen-bond acceptors (Lipinski definition) is 5. The lowest BCUT2D eigenvalue weighted by Crippen LogP contribution is -2.48. The fourth-order valence-electron chi connectivity index (χ4n) is 3.04. The maximum Gasteiger partial charge on any atom is 0.262 e. The van der Waals surface area contributed by atoms with Crippen molar-refractivity contribution in [2.45, 2.75) is 23.8 Å². The Morgan fingerprint density at radius 1 is 0.903 bits per heavy atom. The molecule has 31 heavy (non-hydrogen) atoms. The first kappa shape index (κ1) is 22.7. The molecule has 2 N–H and O–H groups in total. The lowest BCUT2D eigenvalue weighted by atomic mass is 10.1. The average Bonchev–Trinajstić information content (AvgIpc) is 3.33. The van der Waals surface area contributed by atoms with Crippen molar-refractivity contribution in [3.8, 4) is 0 Å². The smallest absolute Gasteiger partial charge is 0.262 e. The fourth-order valence-corrected chi connectivity index (χ4v) is 5.00. The van der Waals surface area contributed by atoms with Crippen molar-refractivity contribution in [1.82, 2.24) is 10.6 Å². The van der Waals surface area contributed by atoms with E-state index in [1.54, 1.807) is 47.8 Å². The molecule has 0 saturated carbocycles. The van der Waals surface area contributed by atoms with E-state index in [0.29, 0.717) is 11.3 Å². The summed E-state index contributed by atoms with van der Waals surface area (Å²) in [5, 5.41) is 7.35. The lowest BCUT2D eigenvalue weighted by molar-refractivity contribution is -0.122. The Morgan fingerprint density at radius 3 is 2.23 bits per heavy atom. The van der Waals surface area contributed by atoms with Crippen LogP contribution in [-0.4, -0.2) is 38.6 Å². The van der Waals surface area contributed by atoms with Gasteiger partial charge in [-0.25, -0.2) is 8.42 Å². The molecule has 0 bridgehead atoms. The van der Waals surface area contributed by atoms with Crippen LogP contribution in [0, 0.1) is 0 Å². The molecule has 2 amide bonds. The Hall–Kier alpha value is -2.97. The van der Waals surface area contributed by atoms with E-state index in [2.05, 4.69) is 10.6 Å². The molecule has 1 heterocycles. The van der Waals surface area contributed by atoms with Crippen molar-refractivity contribution in [1.29, 1.82) is 0 Å². The van der Waals surface area contributed by atoms with Gasteiger partial charge in [-0.3, -0.25) is 9.59 Å². The Bertz CT molecular complexity index is 1080. The first-order chi connectivity index (χ1) is 15.0. The van der Waals surface area contributed by atoms with Crippen molar-refractivity contribution in [2.75, 3.05) is 12.3 Å². The molecule has 162 valence electrons. The van der Waals surface area contributed by atoms with Crippen LogP contribution >= 0.6 is 11.3 Å². The molecule has 0 aliphatic carbocycles. The van der Waals surface area contributed by atoms with Crippen LogP contribution < -0.4 is 10.6 Å². The van der Waals surface area contributed by atoms with E-state index >= 15 is 0 Å². The third-order valence-electron chi connectivity index (χ3n) is 4.64. The number of amides is 2. The van der Waals surface area contributed by atoms with E-state index in [4.69, 9.17) is 0 Å². The normalized spacial score (nSPS) is 12.1. The zero-order valence-electron chi connectivity index (χ0n) is 16.9. The van der Waals surface area contributed by atoms with E-state index in [0.717, 1.165) is 5.56 Å². The van der Waals surface area contributed by atoms with E-state index in [1.165, 1.54) is 11.3 Å². The molecule has 8 heteroatoms. The zero-order valence-corrected chi connectivity index (χ0v) is 18.5. The molecule has 0 aliphatic rings. The first-order valence-corrected chi connectivity index (χ1v) is 12.4. The van der Waals surface area contributed by atoms with Gasteiger partial charge < -0.3 is 10.6 Å². The van der Waals surface area contributed by atoms with Crippen molar-refractivity contribution in [3.63, 3.8) is 0 Å². The zero-order chi connectivity index (χ0) is 22.1. The van der Waals surface area contributed by atoms with Crippen molar-refractivity contribution in [2.24, 2.45) is 0 Å². The summed E-state index contributed by atoms with van der Waals surface area (Å²) in [5.41, 5.74) is 0.917. The van der Waals surface area contributed by atoms with Gasteiger partial charge in [0, 0.05) is 13.0 Å². The van der Waals surface area contributed by atoms with E-state index in [9.17, 15) is 18.0 Å². The number of carbonyl (C=O) groups is 2. The summed E-state index contributed by atoms with van der Waals surface area (Å²) < 4.78 is 24.7. The van der Waals surface area contributed by atoms with Gasteiger partial charge in [0.2, 0.25) is 5.91 Å². The standard InChI is InChI=1S/C23H24N2O4S2/c26-22(24-14-8-16-31(28,29)19-11-5-2-6-12-19)20(17-18-9-3-1-4-10-18)25-23(27)21-13-7-15-30-21/h1-7,9-13,15,20H,8,14,16-17H2,(H,24,26)(H,25,27). The van der Waals surface area contributed by atoms with Gasteiger partial charge in [-0.15, -0.1) is 11.3 Å². The Kier molecular flexibility index (Phi) is 7.97. The Balaban J connectivity index is 1.58. The number of rotatable bonds is 10. The van der Waals surface area contributed by atoms with Crippen LogP contribution in [-0.2, 0) is 21.1 Å². The Labute approximate surface area is 186 Å². The predicted molar refractivity (Wildman–Crippen MR) is 122 cm³/mol. The second-order valence-electron chi connectivity index (χ2n) is 6.97. The fraction of sp³-hybridized carbons (Fsp3) is 0.217. The maximum atomic E-state index is 12.8. The van der Waals surface area contributed by atoms with Gasteiger partial charge in [-0.2, -0.15) is 0 Å². The summed E-state index contributed by atoms with van der Waals surface area (Å²) in [7, 11) is -3.40. The van der Waals surface area contributed by atoms with Crippen LogP contribution in [0.5, 0.6) is 0 Å². The summed E-state index contributed by atoms with van der Waals surface area (Å²) in [6.07, 6.45) is 0.617. The summed E-state index contributed by atoms with van der Waals surface area (Å²) in [5.74, 6) is -0.717. The topological polar surface area (TPSA) is 92.3 Å². The predicted octanol–water partition coefficient (Wildman–Crippen LogP) is 3.07. The Morgan fingerprint density at radius 2 is 1.58 bits per heavy atom. The highest BCUT2D eigenvalue weighted by molar-refractivity contribution is 7.91. The molecule has 2 aromatic carbocycles. The molecular weight excluding hydrogens is 432 g/mol. The third kappa shape index (κ3) is 6.77. The highest BCUT2D eigenvalue weighted by Gasteiger charge is 2.22. The van der Waals surface area contributed by atoms with E-state index < -0.39 is 15.9 Å². The summed E-state index contributed by atoms with van der Waals surface area (Å²) in [6, 6.07) is 20.4. The number of hydrogen-bond donors (Lipinski definition) is 2. The largest absolute Gasteiger partial charge is 0.354 e. The molecule has 6 nitrogen and oxygen atoms in total. The van der Waals surface area contributed by atoms with Gasteiger partial charge in [0.15, 0.2) is 9.84 Å². The molecule has 0 aliphatic heterocycles. The molecule has 3 aromatic rings. The molecular formula is C23H24N2O4S2. The minimum atomic E-state index is -3.40.